The van der Waals surface area contributed by atoms with Crippen molar-refractivity contribution in [3.63, 3.8) is 0 Å². The van der Waals surface area contributed by atoms with E-state index >= 15 is 0 Å². The van der Waals surface area contributed by atoms with Crippen molar-refractivity contribution in [2.24, 2.45) is 5.41 Å². The molecule has 0 saturated carbocycles. The highest BCUT2D eigenvalue weighted by Gasteiger charge is 2.03. The maximum atomic E-state index is 9.00. The number of rotatable bonds is 4. The second kappa shape index (κ2) is 10.4. The predicted molar refractivity (Wildman–Crippen MR) is 110 cm³/mol. The van der Waals surface area contributed by atoms with Crippen molar-refractivity contribution in [3.8, 4) is 11.8 Å². The van der Waals surface area contributed by atoms with E-state index in [4.69, 9.17) is 9.90 Å². The van der Waals surface area contributed by atoms with Crippen LogP contribution in [0.4, 0.5) is 0 Å². The number of likely N-dealkylation sites (N-methyl/N-ethyl adjacent to an activating group) is 1. The second-order valence-corrected chi connectivity index (χ2v) is 7.28. The number of allylic oxidation sites excluding steroid dienone is 1. The minimum Gasteiger partial charge on any atom is -0.481 e. The molecule has 0 bridgehead atoms. The van der Waals surface area contributed by atoms with Crippen molar-refractivity contribution in [1.82, 2.24) is 4.90 Å². The second-order valence-electron chi connectivity index (χ2n) is 7.28. The number of hydrogen-bond acceptors (Lipinski definition) is 2. The zero-order valence-corrected chi connectivity index (χ0v) is 16.4. The number of hydrogen-bond donors (Lipinski definition) is 1. The molecule has 1 N–H and O–H groups in total. The quantitative estimate of drug-likeness (QED) is 0.791. The maximum absolute atomic E-state index is 9.00. The van der Waals surface area contributed by atoms with Gasteiger partial charge >= 0.3 is 0 Å². The summed E-state index contributed by atoms with van der Waals surface area (Å²) in [5.74, 6) is 5.50. The molecule has 26 heavy (non-hydrogen) atoms. The first-order valence-corrected chi connectivity index (χ1v) is 8.71. The molecule has 3 heteroatoms. The number of fused-ring (bicyclic) bond motifs is 1. The fraction of sp³-hybridized carbons (Fsp3) is 0.348. The van der Waals surface area contributed by atoms with Crippen LogP contribution in [-0.2, 0) is 11.3 Å². The molecular formula is C23H29NO2. The van der Waals surface area contributed by atoms with E-state index in [2.05, 4.69) is 93.1 Å². The van der Waals surface area contributed by atoms with E-state index < -0.39 is 5.97 Å². The molecule has 0 heterocycles. The van der Waals surface area contributed by atoms with Gasteiger partial charge in [0.25, 0.3) is 5.97 Å². The SMILES string of the molecule is CC(=O)O.CN(C/C=C/C#CC(C)(C)C)Cc1cccc2ccccc12. The fourth-order valence-electron chi connectivity index (χ4n) is 2.34. The zero-order chi connectivity index (χ0) is 19.6. The van der Waals surface area contributed by atoms with Gasteiger partial charge in [-0.1, -0.05) is 60.4 Å². The molecule has 0 saturated heterocycles. The van der Waals surface area contributed by atoms with Crippen molar-refractivity contribution in [3.05, 3.63) is 60.2 Å². The number of benzene rings is 2. The van der Waals surface area contributed by atoms with E-state index in [1.54, 1.807) is 0 Å². The van der Waals surface area contributed by atoms with Crippen molar-refractivity contribution in [2.45, 2.75) is 34.2 Å². The van der Waals surface area contributed by atoms with Gasteiger partial charge in [-0.15, -0.1) is 0 Å². The van der Waals surface area contributed by atoms with Gasteiger partial charge in [0.15, 0.2) is 0 Å². The summed E-state index contributed by atoms with van der Waals surface area (Å²) in [6.07, 6.45) is 4.09. The van der Waals surface area contributed by atoms with Gasteiger partial charge in [-0.05, 0) is 50.2 Å². The third-order valence-corrected chi connectivity index (χ3v) is 3.39. The lowest BCUT2D eigenvalue weighted by Gasteiger charge is -2.15. The van der Waals surface area contributed by atoms with Crippen LogP contribution in [0.1, 0.15) is 33.3 Å². The molecule has 2 rings (SSSR count). The van der Waals surface area contributed by atoms with Gasteiger partial charge in [-0.2, -0.15) is 0 Å². The average molecular weight is 351 g/mol. The molecule has 0 atom stereocenters. The lowest BCUT2D eigenvalue weighted by atomic mass is 9.98. The molecule has 0 spiro atoms. The Bertz CT molecular complexity index is 795. The first-order valence-electron chi connectivity index (χ1n) is 8.71. The van der Waals surface area contributed by atoms with E-state index in [-0.39, 0.29) is 5.41 Å². The number of carboxylic acids is 1. The lowest BCUT2D eigenvalue weighted by molar-refractivity contribution is -0.134. The largest absolute Gasteiger partial charge is 0.481 e. The van der Waals surface area contributed by atoms with E-state index in [9.17, 15) is 0 Å². The van der Waals surface area contributed by atoms with Crippen LogP contribution in [0.25, 0.3) is 10.8 Å². The highest BCUT2D eigenvalue weighted by atomic mass is 16.4. The number of carbonyl (C=O) groups is 1. The van der Waals surface area contributed by atoms with E-state index in [0.29, 0.717) is 0 Å². The Balaban J connectivity index is 0.000000765. The minimum atomic E-state index is -0.833. The zero-order valence-electron chi connectivity index (χ0n) is 16.4. The monoisotopic (exact) mass is 351 g/mol. The van der Waals surface area contributed by atoms with Crippen LogP contribution in [0.15, 0.2) is 54.6 Å². The fourth-order valence-corrected chi connectivity index (χ4v) is 2.34. The maximum Gasteiger partial charge on any atom is 0.300 e. The first-order chi connectivity index (χ1) is 12.2. The topological polar surface area (TPSA) is 40.5 Å². The molecule has 2 aromatic rings. The summed E-state index contributed by atoms with van der Waals surface area (Å²) in [4.78, 5) is 11.3. The van der Waals surface area contributed by atoms with Gasteiger partial charge in [0, 0.05) is 25.4 Å². The van der Waals surface area contributed by atoms with Gasteiger partial charge in [-0.3, -0.25) is 9.69 Å². The Morgan fingerprint density at radius 2 is 1.77 bits per heavy atom. The summed E-state index contributed by atoms with van der Waals surface area (Å²) in [6.45, 7) is 9.31. The Morgan fingerprint density at radius 1 is 1.15 bits per heavy atom. The molecular weight excluding hydrogens is 322 g/mol. The highest BCUT2D eigenvalue weighted by molar-refractivity contribution is 5.85. The lowest BCUT2D eigenvalue weighted by Crippen LogP contribution is -2.17. The van der Waals surface area contributed by atoms with Crippen LogP contribution in [0.3, 0.4) is 0 Å². The summed E-state index contributed by atoms with van der Waals surface area (Å²) in [5, 5.41) is 10.1. The Morgan fingerprint density at radius 3 is 2.42 bits per heavy atom. The van der Waals surface area contributed by atoms with Crippen molar-refractivity contribution >= 4 is 16.7 Å². The molecule has 3 nitrogen and oxygen atoms in total. The summed E-state index contributed by atoms with van der Waals surface area (Å²) < 4.78 is 0. The summed E-state index contributed by atoms with van der Waals surface area (Å²) >= 11 is 0. The Kier molecular flexibility index (Phi) is 8.61. The van der Waals surface area contributed by atoms with Crippen LogP contribution < -0.4 is 0 Å². The molecule has 138 valence electrons. The molecule has 0 fully saturated rings. The van der Waals surface area contributed by atoms with E-state index in [0.717, 1.165) is 20.0 Å². The van der Waals surface area contributed by atoms with Gasteiger partial charge in [0.1, 0.15) is 0 Å². The highest BCUT2D eigenvalue weighted by Crippen LogP contribution is 2.19. The number of nitrogens with zero attached hydrogens (tertiary/aromatic N) is 1. The van der Waals surface area contributed by atoms with Crippen LogP contribution in [0, 0.1) is 17.3 Å². The van der Waals surface area contributed by atoms with Crippen molar-refractivity contribution in [1.29, 1.82) is 0 Å². The Labute approximate surface area is 157 Å². The summed E-state index contributed by atoms with van der Waals surface area (Å²) in [7, 11) is 2.14. The average Bonchev–Trinajstić information content (AvgIpc) is 2.53. The summed E-state index contributed by atoms with van der Waals surface area (Å²) in [6, 6.07) is 15.1. The van der Waals surface area contributed by atoms with Gasteiger partial charge in [-0.25, -0.2) is 0 Å². The van der Waals surface area contributed by atoms with Crippen LogP contribution in [-0.4, -0.2) is 29.6 Å². The van der Waals surface area contributed by atoms with Crippen molar-refractivity contribution in [2.75, 3.05) is 13.6 Å². The molecule has 0 unspecified atom stereocenters. The normalized spacial score (nSPS) is 11.0. The molecule has 0 aliphatic rings. The smallest absolute Gasteiger partial charge is 0.300 e. The van der Waals surface area contributed by atoms with Crippen LogP contribution in [0.5, 0.6) is 0 Å². The minimum absolute atomic E-state index is 0.0686. The molecule has 0 radical (unpaired) electrons. The van der Waals surface area contributed by atoms with Gasteiger partial charge in [0.05, 0.1) is 0 Å². The van der Waals surface area contributed by atoms with Gasteiger partial charge < -0.3 is 5.11 Å². The van der Waals surface area contributed by atoms with Crippen molar-refractivity contribution < 1.29 is 9.90 Å². The van der Waals surface area contributed by atoms with Crippen LogP contribution in [0.2, 0.25) is 0 Å². The standard InChI is InChI=1S/C21H25N.C2H4O2/c1-21(2,3)15-8-5-9-16-22(4)17-19-13-10-12-18-11-6-7-14-20(18)19;1-2(3)4/h5-7,9-14H,16-17H2,1-4H3;1H3,(H,3,4)/b9-5+;. The number of aliphatic carboxylic acids is 1. The predicted octanol–water partition coefficient (Wildman–Crippen LogP) is 4.97. The third-order valence-electron chi connectivity index (χ3n) is 3.39. The van der Waals surface area contributed by atoms with Gasteiger partial charge in [0.2, 0.25) is 0 Å². The summed E-state index contributed by atoms with van der Waals surface area (Å²) in [5.41, 5.74) is 1.44. The number of carboxylic acid groups (broad SMARTS) is 1. The molecule has 0 aromatic heterocycles. The van der Waals surface area contributed by atoms with E-state index in [1.165, 1.54) is 16.3 Å². The molecule has 0 aliphatic heterocycles. The van der Waals surface area contributed by atoms with Crippen LogP contribution >= 0.6 is 0 Å². The molecule has 2 aromatic carbocycles. The first kappa shape index (κ1) is 21.5. The third kappa shape index (κ3) is 9.05. The Hall–Kier alpha value is -2.57. The molecule has 0 amide bonds. The van der Waals surface area contributed by atoms with E-state index in [1.807, 2.05) is 6.08 Å². The molecule has 0 aliphatic carbocycles.